The Balaban J connectivity index is 2.84. The molecule has 1 heterocycles. The van der Waals surface area contributed by atoms with E-state index in [-0.39, 0.29) is 0 Å². The Kier molecular flexibility index (Phi) is 6.81. The van der Waals surface area contributed by atoms with Crippen molar-refractivity contribution in [2.75, 3.05) is 25.2 Å². The normalized spacial score (nSPS) is 14.2. The van der Waals surface area contributed by atoms with Gasteiger partial charge in [-0.15, -0.1) is 0 Å². The van der Waals surface area contributed by atoms with Gasteiger partial charge in [0.05, 0.1) is 30.3 Å². The fourth-order valence-electron chi connectivity index (χ4n) is 1.99. The van der Waals surface area contributed by atoms with Crippen LogP contribution in [-0.4, -0.2) is 36.4 Å². The van der Waals surface area contributed by atoms with Gasteiger partial charge in [0.15, 0.2) is 0 Å². The SMILES string of the molecule is CCC(C)N(CCOC)c1ccc([C@H](O)CC)nc1. The number of ether oxygens (including phenoxy) is 1. The van der Waals surface area contributed by atoms with Gasteiger partial charge in [0.2, 0.25) is 0 Å². The van der Waals surface area contributed by atoms with Crippen LogP contribution in [-0.2, 0) is 4.74 Å². The van der Waals surface area contributed by atoms with E-state index in [1.165, 1.54) is 0 Å². The van der Waals surface area contributed by atoms with Gasteiger partial charge in [0, 0.05) is 19.7 Å². The highest BCUT2D eigenvalue weighted by Crippen LogP contribution is 2.20. The lowest BCUT2D eigenvalue weighted by Gasteiger charge is -2.30. The van der Waals surface area contributed by atoms with Gasteiger partial charge in [-0.1, -0.05) is 13.8 Å². The minimum Gasteiger partial charge on any atom is -0.387 e. The number of nitrogens with zero attached hydrogens (tertiary/aromatic N) is 2. The molecule has 1 unspecified atom stereocenters. The Hall–Kier alpha value is -1.13. The summed E-state index contributed by atoms with van der Waals surface area (Å²) in [5.41, 5.74) is 1.82. The molecule has 108 valence electrons. The third-order valence-electron chi connectivity index (χ3n) is 3.49. The zero-order valence-electron chi connectivity index (χ0n) is 12.5. The predicted octanol–water partition coefficient (Wildman–Crippen LogP) is 2.78. The third-order valence-corrected chi connectivity index (χ3v) is 3.49. The first kappa shape index (κ1) is 15.9. The van der Waals surface area contributed by atoms with Gasteiger partial charge in [-0.05, 0) is 31.9 Å². The van der Waals surface area contributed by atoms with Crippen LogP contribution in [0.3, 0.4) is 0 Å². The number of hydrogen-bond acceptors (Lipinski definition) is 4. The summed E-state index contributed by atoms with van der Waals surface area (Å²) in [4.78, 5) is 6.65. The fraction of sp³-hybridized carbons (Fsp3) is 0.667. The minimum absolute atomic E-state index is 0.443. The maximum absolute atomic E-state index is 9.76. The summed E-state index contributed by atoms with van der Waals surface area (Å²) in [6.07, 6.45) is 3.13. The number of pyridine rings is 1. The average Bonchev–Trinajstić information content (AvgIpc) is 2.47. The highest BCUT2D eigenvalue weighted by atomic mass is 16.5. The van der Waals surface area contributed by atoms with E-state index in [0.29, 0.717) is 19.1 Å². The Morgan fingerprint density at radius 3 is 2.53 bits per heavy atom. The lowest BCUT2D eigenvalue weighted by Crippen LogP contribution is -2.35. The molecule has 1 aromatic heterocycles. The van der Waals surface area contributed by atoms with Crippen LogP contribution >= 0.6 is 0 Å². The molecule has 1 N–H and O–H groups in total. The van der Waals surface area contributed by atoms with E-state index >= 15 is 0 Å². The van der Waals surface area contributed by atoms with E-state index in [9.17, 15) is 5.11 Å². The van der Waals surface area contributed by atoms with Crippen molar-refractivity contribution in [3.8, 4) is 0 Å². The summed E-state index contributed by atoms with van der Waals surface area (Å²) in [6.45, 7) is 7.87. The number of anilines is 1. The van der Waals surface area contributed by atoms with Crippen molar-refractivity contribution in [3.63, 3.8) is 0 Å². The second kappa shape index (κ2) is 8.12. The molecule has 0 aromatic carbocycles. The summed E-state index contributed by atoms with van der Waals surface area (Å²) in [5, 5.41) is 9.76. The predicted molar refractivity (Wildman–Crippen MR) is 78.5 cm³/mol. The second-order valence-corrected chi connectivity index (χ2v) is 4.81. The molecule has 0 aliphatic heterocycles. The van der Waals surface area contributed by atoms with E-state index in [2.05, 4.69) is 23.7 Å². The van der Waals surface area contributed by atoms with Gasteiger partial charge in [0.1, 0.15) is 0 Å². The standard InChI is InChI=1S/C15H26N2O2/c1-5-12(3)17(9-10-19-4)13-7-8-14(16-11-13)15(18)6-2/h7-8,11-12,15,18H,5-6,9-10H2,1-4H3/t12?,15-/m1/s1. The van der Waals surface area contributed by atoms with E-state index in [0.717, 1.165) is 24.3 Å². The molecule has 19 heavy (non-hydrogen) atoms. The molecule has 0 saturated carbocycles. The average molecular weight is 266 g/mol. The summed E-state index contributed by atoms with van der Waals surface area (Å²) in [6, 6.07) is 4.38. The van der Waals surface area contributed by atoms with Crippen LogP contribution < -0.4 is 4.90 Å². The lowest BCUT2D eigenvalue weighted by atomic mass is 10.1. The van der Waals surface area contributed by atoms with Gasteiger partial charge in [-0.3, -0.25) is 4.98 Å². The Labute approximate surface area is 116 Å². The number of aliphatic hydroxyl groups is 1. The van der Waals surface area contributed by atoms with Crippen LogP contribution in [0, 0.1) is 0 Å². The Morgan fingerprint density at radius 1 is 1.32 bits per heavy atom. The quantitative estimate of drug-likeness (QED) is 0.786. The number of methoxy groups -OCH3 is 1. The maximum atomic E-state index is 9.76. The highest BCUT2D eigenvalue weighted by molar-refractivity contribution is 5.45. The molecule has 0 spiro atoms. The number of aromatic nitrogens is 1. The van der Waals surface area contributed by atoms with Crippen LogP contribution in [0.25, 0.3) is 0 Å². The van der Waals surface area contributed by atoms with Crippen molar-refractivity contribution in [2.24, 2.45) is 0 Å². The summed E-state index contributed by atoms with van der Waals surface area (Å²) >= 11 is 0. The molecule has 2 atom stereocenters. The van der Waals surface area contributed by atoms with Gasteiger partial charge in [0.25, 0.3) is 0 Å². The van der Waals surface area contributed by atoms with Gasteiger partial charge in [-0.2, -0.15) is 0 Å². The number of rotatable bonds is 8. The van der Waals surface area contributed by atoms with Crippen LogP contribution in [0.5, 0.6) is 0 Å². The minimum atomic E-state index is -0.468. The molecule has 0 radical (unpaired) electrons. The zero-order valence-corrected chi connectivity index (χ0v) is 12.5. The van der Waals surface area contributed by atoms with Gasteiger partial charge in [-0.25, -0.2) is 0 Å². The second-order valence-electron chi connectivity index (χ2n) is 4.81. The van der Waals surface area contributed by atoms with Gasteiger partial charge >= 0.3 is 0 Å². The highest BCUT2D eigenvalue weighted by Gasteiger charge is 2.14. The molecule has 0 amide bonds. The zero-order chi connectivity index (χ0) is 14.3. The first-order chi connectivity index (χ1) is 9.13. The van der Waals surface area contributed by atoms with E-state index in [1.54, 1.807) is 7.11 Å². The maximum Gasteiger partial charge on any atom is 0.0957 e. The number of hydrogen-bond donors (Lipinski definition) is 1. The van der Waals surface area contributed by atoms with Crippen LogP contribution in [0.1, 0.15) is 45.4 Å². The first-order valence-corrected chi connectivity index (χ1v) is 7.03. The van der Waals surface area contributed by atoms with Crippen molar-refractivity contribution in [1.82, 2.24) is 4.98 Å². The monoisotopic (exact) mass is 266 g/mol. The lowest BCUT2D eigenvalue weighted by molar-refractivity contribution is 0.169. The van der Waals surface area contributed by atoms with Crippen molar-refractivity contribution in [3.05, 3.63) is 24.0 Å². The Morgan fingerprint density at radius 2 is 2.05 bits per heavy atom. The Bertz CT molecular complexity index is 354. The molecule has 0 fully saturated rings. The molecule has 0 saturated heterocycles. The van der Waals surface area contributed by atoms with Gasteiger partial charge < -0.3 is 14.7 Å². The molecule has 0 aliphatic carbocycles. The molecule has 1 aromatic rings. The van der Waals surface area contributed by atoms with Crippen molar-refractivity contribution in [1.29, 1.82) is 0 Å². The van der Waals surface area contributed by atoms with E-state index in [4.69, 9.17) is 4.74 Å². The molecule has 0 aliphatic rings. The van der Waals surface area contributed by atoms with Crippen molar-refractivity contribution < 1.29 is 9.84 Å². The molecule has 0 bridgehead atoms. The molecular formula is C15H26N2O2. The van der Waals surface area contributed by atoms with Crippen LogP contribution in [0.15, 0.2) is 18.3 Å². The van der Waals surface area contributed by atoms with Crippen LogP contribution in [0.4, 0.5) is 5.69 Å². The molecule has 4 nitrogen and oxygen atoms in total. The van der Waals surface area contributed by atoms with Crippen molar-refractivity contribution >= 4 is 5.69 Å². The first-order valence-electron chi connectivity index (χ1n) is 7.03. The van der Waals surface area contributed by atoms with E-state index in [1.807, 2.05) is 25.3 Å². The van der Waals surface area contributed by atoms with Crippen molar-refractivity contribution in [2.45, 2.75) is 45.8 Å². The molecule has 1 rings (SSSR count). The third kappa shape index (κ3) is 4.48. The topological polar surface area (TPSA) is 45.6 Å². The molecule has 4 heteroatoms. The fourth-order valence-corrected chi connectivity index (χ4v) is 1.99. The molecular weight excluding hydrogens is 240 g/mol. The summed E-state index contributed by atoms with van der Waals surface area (Å²) < 4.78 is 5.17. The van der Waals surface area contributed by atoms with E-state index < -0.39 is 6.10 Å². The van der Waals surface area contributed by atoms with Crippen LogP contribution in [0.2, 0.25) is 0 Å². The summed E-state index contributed by atoms with van der Waals surface area (Å²) in [5.74, 6) is 0. The smallest absolute Gasteiger partial charge is 0.0957 e. The summed E-state index contributed by atoms with van der Waals surface area (Å²) in [7, 11) is 1.72. The number of aliphatic hydroxyl groups excluding tert-OH is 1. The largest absolute Gasteiger partial charge is 0.387 e.